The van der Waals surface area contributed by atoms with Crippen molar-refractivity contribution in [2.24, 2.45) is 0 Å². The molecule has 10 heteroatoms. The second-order valence-electron chi connectivity index (χ2n) is 8.72. The number of rotatable bonds is 9. The van der Waals surface area contributed by atoms with E-state index in [-0.39, 0.29) is 18.0 Å². The molecular formula is C28H30N2O7S. The molecule has 0 fully saturated rings. The highest BCUT2D eigenvalue weighted by molar-refractivity contribution is 7.89. The van der Waals surface area contributed by atoms with E-state index in [1.165, 1.54) is 18.1 Å². The van der Waals surface area contributed by atoms with E-state index in [2.05, 4.69) is 0 Å². The van der Waals surface area contributed by atoms with Gasteiger partial charge in [0.25, 0.3) is 0 Å². The second kappa shape index (κ2) is 11.7. The number of ether oxygens (including phenoxy) is 3. The molecule has 0 saturated carbocycles. The van der Waals surface area contributed by atoms with E-state index in [1.54, 1.807) is 55.5 Å². The smallest absolute Gasteiger partial charge is 0.348 e. The van der Waals surface area contributed by atoms with Crippen molar-refractivity contribution in [2.45, 2.75) is 31.4 Å². The Balaban J connectivity index is 1.68. The summed E-state index contributed by atoms with van der Waals surface area (Å²) in [6, 6.07) is 20.5. The average Bonchev–Trinajstić information content (AvgIpc) is 2.93. The normalized spacial score (nSPS) is 14.9. The average molecular weight is 539 g/mol. The highest BCUT2D eigenvalue weighted by Gasteiger charge is 2.36. The van der Waals surface area contributed by atoms with Gasteiger partial charge in [-0.3, -0.25) is 4.79 Å². The molecule has 0 spiro atoms. The molecule has 1 atom stereocenters. The predicted octanol–water partition coefficient (Wildman–Crippen LogP) is 3.55. The number of para-hydroxylation sites is 2. The van der Waals surface area contributed by atoms with E-state index in [0.717, 1.165) is 9.87 Å². The van der Waals surface area contributed by atoms with Crippen LogP contribution in [0, 0.1) is 6.92 Å². The molecule has 3 aromatic carbocycles. The van der Waals surface area contributed by atoms with Crippen molar-refractivity contribution in [3.63, 3.8) is 0 Å². The molecule has 0 radical (unpaired) electrons. The first-order chi connectivity index (χ1) is 18.2. The maximum Gasteiger partial charge on any atom is 0.348 e. The number of hydrogen-bond donors (Lipinski definition) is 0. The lowest BCUT2D eigenvalue weighted by Gasteiger charge is -2.34. The second-order valence-corrected chi connectivity index (χ2v) is 10.7. The minimum atomic E-state index is -4.09. The summed E-state index contributed by atoms with van der Waals surface area (Å²) in [4.78, 5) is 27.4. The van der Waals surface area contributed by atoms with Crippen LogP contribution in [0.1, 0.15) is 18.1 Å². The van der Waals surface area contributed by atoms with Crippen molar-refractivity contribution in [1.82, 2.24) is 4.31 Å². The first-order valence-corrected chi connectivity index (χ1v) is 13.6. The Labute approximate surface area is 222 Å². The van der Waals surface area contributed by atoms with Gasteiger partial charge in [-0.25, -0.2) is 13.2 Å². The summed E-state index contributed by atoms with van der Waals surface area (Å²) in [5.74, 6) is -0.203. The topological polar surface area (TPSA) is 102 Å². The van der Waals surface area contributed by atoms with Gasteiger partial charge in [0.15, 0.2) is 0 Å². The van der Waals surface area contributed by atoms with Crippen molar-refractivity contribution in [1.29, 1.82) is 0 Å². The predicted molar refractivity (Wildman–Crippen MR) is 142 cm³/mol. The molecule has 0 aliphatic carbocycles. The maximum atomic E-state index is 13.9. The number of carbonyl (C=O) groups is 2. The summed E-state index contributed by atoms with van der Waals surface area (Å²) < 4.78 is 45.0. The lowest BCUT2D eigenvalue weighted by molar-refractivity contribution is -0.148. The Bertz CT molecular complexity index is 1410. The number of hydrogen-bond acceptors (Lipinski definition) is 7. The van der Waals surface area contributed by atoms with E-state index in [4.69, 9.17) is 14.2 Å². The standard InChI is InChI=1S/C28H30N2O7S/c1-4-36-24-15-14-22(16-20(24)2)38(33,34)29(17-21-10-6-5-7-11-21)19-27(31)30-18-26(28(32)35-3)37-25-13-9-8-12-23(25)30/h5-16,26H,4,17-19H2,1-3H3. The van der Waals surface area contributed by atoms with Gasteiger partial charge >= 0.3 is 5.97 Å². The molecule has 3 aromatic rings. The Hall–Kier alpha value is -3.89. The van der Waals surface area contributed by atoms with E-state index in [9.17, 15) is 18.0 Å². The van der Waals surface area contributed by atoms with Crippen LogP contribution in [0.2, 0.25) is 0 Å². The SMILES string of the molecule is CCOc1ccc(S(=O)(=O)N(CC(=O)N2CC(C(=O)OC)Oc3ccccc32)Cc2ccccc2)cc1C. The third-order valence-electron chi connectivity index (χ3n) is 6.14. The molecule has 1 heterocycles. The summed E-state index contributed by atoms with van der Waals surface area (Å²) in [5.41, 5.74) is 1.84. The van der Waals surface area contributed by atoms with Gasteiger partial charge in [0.2, 0.25) is 22.0 Å². The number of aryl methyl sites for hydroxylation is 1. The zero-order chi connectivity index (χ0) is 27.3. The van der Waals surface area contributed by atoms with Gasteiger partial charge in [-0.15, -0.1) is 0 Å². The first-order valence-electron chi connectivity index (χ1n) is 12.2. The minimum Gasteiger partial charge on any atom is -0.494 e. The monoisotopic (exact) mass is 538 g/mol. The molecule has 200 valence electrons. The summed E-state index contributed by atoms with van der Waals surface area (Å²) in [7, 11) is -2.85. The highest BCUT2D eigenvalue weighted by atomic mass is 32.2. The molecule has 1 aliphatic heterocycles. The number of anilines is 1. The summed E-state index contributed by atoms with van der Waals surface area (Å²) in [6.07, 6.45) is -1.04. The molecule has 1 amide bonds. The van der Waals surface area contributed by atoms with Crippen LogP contribution in [0.5, 0.6) is 11.5 Å². The van der Waals surface area contributed by atoms with E-state index in [0.29, 0.717) is 29.4 Å². The number of benzene rings is 3. The molecule has 1 aliphatic rings. The van der Waals surface area contributed by atoms with E-state index in [1.807, 2.05) is 25.1 Å². The lowest BCUT2D eigenvalue weighted by Crippen LogP contribution is -2.50. The number of esters is 1. The molecular weight excluding hydrogens is 508 g/mol. The summed E-state index contributed by atoms with van der Waals surface area (Å²) in [6.45, 7) is 3.50. The lowest BCUT2D eigenvalue weighted by atomic mass is 10.2. The van der Waals surface area contributed by atoms with Gasteiger partial charge in [0.05, 0.1) is 37.4 Å². The van der Waals surface area contributed by atoms with Crippen LogP contribution in [-0.4, -0.2) is 57.5 Å². The number of nitrogens with zero attached hydrogens (tertiary/aromatic N) is 2. The minimum absolute atomic E-state index is 0.0202. The van der Waals surface area contributed by atoms with E-state index < -0.39 is 34.5 Å². The fraction of sp³-hybridized carbons (Fsp3) is 0.286. The van der Waals surface area contributed by atoms with Crippen LogP contribution in [0.25, 0.3) is 0 Å². The first kappa shape index (κ1) is 27.2. The van der Waals surface area contributed by atoms with Crippen LogP contribution in [-0.2, 0) is 30.9 Å². The Morgan fingerprint density at radius 2 is 1.76 bits per heavy atom. The third-order valence-corrected chi connectivity index (χ3v) is 7.92. The number of fused-ring (bicyclic) bond motifs is 1. The molecule has 1 unspecified atom stereocenters. The number of amides is 1. The zero-order valence-corrected chi connectivity index (χ0v) is 22.3. The quantitative estimate of drug-likeness (QED) is 0.384. The van der Waals surface area contributed by atoms with Gasteiger partial charge < -0.3 is 19.1 Å². The van der Waals surface area contributed by atoms with Crippen LogP contribution in [0.3, 0.4) is 0 Å². The van der Waals surface area contributed by atoms with Gasteiger partial charge in [-0.05, 0) is 55.3 Å². The fourth-order valence-electron chi connectivity index (χ4n) is 4.22. The Morgan fingerprint density at radius 1 is 1.05 bits per heavy atom. The third kappa shape index (κ3) is 5.81. The van der Waals surface area contributed by atoms with E-state index >= 15 is 0 Å². The van der Waals surface area contributed by atoms with Crippen molar-refractivity contribution in [2.75, 3.05) is 31.7 Å². The molecule has 0 N–H and O–H groups in total. The van der Waals surface area contributed by atoms with Crippen LogP contribution in [0.4, 0.5) is 5.69 Å². The summed E-state index contributed by atoms with van der Waals surface area (Å²) >= 11 is 0. The van der Waals surface area contributed by atoms with Crippen molar-refractivity contribution >= 4 is 27.6 Å². The van der Waals surface area contributed by atoms with Crippen molar-refractivity contribution in [3.8, 4) is 11.5 Å². The van der Waals surface area contributed by atoms with Crippen molar-refractivity contribution < 1.29 is 32.2 Å². The van der Waals surface area contributed by atoms with Crippen molar-refractivity contribution in [3.05, 3.63) is 83.9 Å². The highest BCUT2D eigenvalue weighted by Crippen LogP contribution is 2.34. The molecule has 9 nitrogen and oxygen atoms in total. The number of carbonyl (C=O) groups excluding carboxylic acids is 2. The van der Waals surface area contributed by atoms with Gasteiger partial charge in [-0.1, -0.05) is 42.5 Å². The Morgan fingerprint density at radius 3 is 2.45 bits per heavy atom. The zero-order valence-electron chi connectivity index (χ0n) is 21.5. The molecule has 0 bridgehead atoms. The van der Waals surface area contributed by atoms with Crippen LogP contribution in [0.15, 0.2) is 77.7 Å². The Kier molecular flexibility index (Phi) is 8.33. The molecule has 4 rings (SSSR count). The molecule has 0 aromatic heterocycles. The maximum absolute atomic E-state index is 13.9. The summed E-state index contributed by atoms with van der Waals surface area (Å²) in [5, 5.41) is 0. The van der Waals surface area contributed by atoms with Crippen LogP contribution < -0.4 is 14.4 Å². The van der Waals surface area contributed by atoms with Gasteiger partial charge in [0.1, 0.15) is 11.5 Å². The fourth-order valence-corrected chi connectivity index (χ4v) is 5.69. The van der Waals surface area contributed by atoms with Gasteiger partial charge in [-0.2, -0.15) is 4.31 Å². The largest absolute Gasteiger partial charge is 0.494 e. The molecule has 0 saturated heterocycles. The number of methoxy groups -OCH3 is 1. The van der Waals surface area contributed by atoms with Gasteiger partial charge in [0, 0.05) is 6.54 Å². The molecule has 38 heavy (non-hydrogen) atoms. The number of sulfonamides is 1. The van der Waals surface area contributed by atoms with Crippen LogP contribution >= 0.6 is 0 Å².